The second-order valence-corrected chi connectivity index (χ2v) is 9.03. The van der Waals surface area contributed by atoms with Crippen molar-refractivity contribution < 1.29 is 19.1 Å². The highest BCUT2D eigenvalue weighted by Gasteiger charge is 2.36. The Hall–Kier alpha value is -2.03. The van der Waals surface area contributed by atoms with Crippen LogP contribution in [-0.4, -0.2) is 44.2 Å². The van der Waals surface area contributed by atoms with Gasteiger partial charge in [-0.25, -0.2) is 0 Å². The van der Waals surface area contributed by atoms with Crippen LogP contribution < -0.4 is 0 Å². The van der Waals surface area contributed by atoms with E-state index in [0.717, 1.165) is 40.6 Å². The van der Waals surface area contributed by atoms with Gasteiger partial charge < -0.3 is 9.30 Å². The molecule has 0 N–H and O–H groups in total. The quantitative estimate of drug-likeness (QED) is 0.372. The van der Waals surface area contributed by atoms with Crippen molar-refractivity contribution in [2.45, 2.75) is 26.0 Å². The fraction of sp³-hybridized carbons (Fsp3) is 0.300. The number of esters is 1. The molecule has 0 radical (unpaired) electrons. The molecule has 3 rings (SSSR count). The molecule has 1 aromatic heterocycles. The van der Waals surface area contributed by atoms with Gasteiger partial charge in [0.05, 0.1) is 12.4 Å². The van der Waals surface area contributed by atoms with Gasteiger partial charge in [-0.2, -0.15) is 4.99 Å². The lowest BCUT2D eigenvalue weighted by Gasteiger charge is -2.10. The number of aromatic nitrogens is 1. The third-order valence-corrected chi connectivity index (χ3v) is 6.81. The number of carbonyl (C=O) groups is 3. The van der Waals surface area contributed by atoms with Crippen LogP contribution in [0.25, 0.3) is 5.69 Å². The zero-order valence-electron chi connectivity index (χ0n) is 16.1. The van der Waals surface area contributed by atoms with Gasteiger partial charge in [-0.3, -0.25) is 14.4 Å². The van der Waals surface area contributed by atoms with Crippen molar-refractivity contribution in [2.24, 2.45) is 4.99 Å². The average molecular weight is 451 g/mol. The number of rotatable bonds is 6. The summed E-state index contributed by atoms with van der Waals surface area (Å²) in [6.07, 6.45) is 0. The predicted octanol–water partition coefficient (Wildman–Crippen LogP) is 4.22. The molecule has 0 unspecified atom stereocenters. The summed E-state index contributed by atoms with van der Waals surface area (Å²) < 4.78 is 7.26. The van der Waals surface area contributed by atoms with Gasteiger partial charge in [0.15, 0.2) is 11.0 Å². The number of Topliss-reactive ketones (excluding diaryl/α,β-unsaturated/α-hetero) is 1. The van der Waals surface area contributed by atoms with E-state index in [0.29, 0.717) is 15.0 Å². The number of hydrogen-bond donors (Lipinski definition) is 0. The highest BCUT2D eigenvalue weighted by atomic mass is 35.5. The molecule has 0 saturated heterocycles. The second kappa shape index (κ2) is 9.19. The molecule has 1 amide bonds. The number of aryl methyl sites for hydroxylation is 1. The topological polar surface area (TPSA) is 77.7 Å². The summed E-state index contributed by atoms with van der Waals surface area (Å²) in [5.74, 6) is -1.10. The van der Waals surface area contributed by atoms with E-state index in [2.05, 4.69) is 4.99 Å². The van der Waals surface area contributed by atoms with E-state index in [4.69, 9.17) is 16.3 Å². The van der Waals surface area contributed by atoms with E-state index in [1.165, 1.54) is 0 Å². The summed E-state index contributed by atoms with van der Waals surface area (Å²) >= 11 is 8.29. The van der Waals surface area contributed by atoms with Crippen LogP contribution in [0.5, 0.6) is 0 Å². The minimum absolute atomic E-state index is 0.0771. The van der Waals surface area contributed by atoms with Crippen molar-refractivity contribution in [3.05, 3.63) is 52.3 Å². The fourth-order valence-electron chi connectivity index (χ4n) is 3.02. The smallest absolute Gasteiger partial charge is 0.329 e. The first-order chi connectivity index (χ1) is 13.8. The molecule has 1 aromatic carbocycles. The second-order valence-electron chi connectivity index (χ2n) is 6.28. The molecule has 1 atom stereocenters. The van der Waals surface area contributed by atoms with Crippen molar-refractivity contribution in [1.82, 2.24) is 4.57 Å². The van der Waals surface area contributed by atoms with Crippen molar-refractivity contribution in [3.8, 4) is 5.69 Å². The molecule has 2 heterocycles. The molecule has 0 fully saturated rings. The number of nitrogens with zero attached hydrogens (tertiary/aromatic N) is 2. The van der Waals surface area contributed by atoms with Gasteiger partial charge in [-0.15, -0.1) is 0 Å². The van der Waals surface area contributed by atoms with Crippen molar-refractivity contribution in [3.63, 3.8) is 0 Å². The van der Waals surface area contributed by atoms with E-state index < -0.39 is 17.1 Å². The predicted molar refractivity (Wildman–Crippen MR) is 117 cm³/mol. The third-order valence-electron chi connectivity index (χ3n) is 4.27. The SMILES string of the molecule is CCOC(=O)[C@@H]1SC(SCC(=O)c2cc(C)n(-c3cccc(Cl)c3)c2C)=NC1=O. The molecule has 6 nitrogen and oxygen atoms in total. The highest BCUT2D eigenvalue weighted by Crippen LogP contribution is 2.31. The number of halogens is 1. The molecule has 2 aromatic rings. The lowest BCUT2D eigenvalue weighted by Crippen LogP contribution is -2.24. The summed E-state index contributed by atoms with van der Waals surface area (Å²) in [5, 5.41) is -0.351. The van der Waals surface area contributed by atoms with Crippen LogP contribution in [-0.2, 0) is 14.3 Å². The maximum atomic E-state index is 12.8. The molecular formula is C20H19ClN2O4S2. The van der Waals surface area contributed by atoms with Crippen LogP contribution >= 0.6 is 35.1 Å². The third kappa shape index (κ3) is 4.76. The van der Waals surface area contributed by atoms with Crippen LogP contribution in [0.3, 0.4) is 0 Å². The molecule has 0 bridgehead atoms. The first kappa shape index (κ1) is 21.7. The highest BCUT2D eigenvalue weighted by molar-refractivity contribution is 8.40. The molecule has 1 aliphatic heterocycles. The first-order valence-electron chi connectivity index (χ1n) is 8.88. The number of benzene rings is 1. The summed E-state index contributed by atoms with van der Waals surface area (Å²) in [7, 11) is 0. The summed E-state index contributed by atoms with van der Waals surface area (Å²) in [6.45, 7) is 5.69. The molecule has 0 saturated carbocycles. The number of thioether (sulfide) groups is 2. The largest absolute Gasteiger partial charge is 0.465 e. The van der Waals surface area contributed by atoms with Crippen LogP contribution in [0.1, 0.15) is 28.7 Å². The Labute approximate surface area is 182 Å². The molecule has 29 heavy (non-hydrogen) atoms. The lowest BCUT2D eigenvalue weighted by atomic mass is 10.2. The summed E-state index contributed by atoms with van der Waals surface area (Å²) in [4.78, 5) is 40.3. The Morgan fingerprint density at radius 1 is 1.31 bits per heavy atom. The number of ether oxygens (including phenoxy) is 1. The van der Waals surface area contributed by atoms with Crippen molar-refractivity contribution in [2.75, 3.05) is 12.4 Å². The standard InChI is InChI=1S/C20H19ClN2O4S2/c1-4-27-19(26)17-18(25)22-20(29-17)28-10-16(24)15-8-11(2)23(12(15)3)14-7-5-6-13(21)9-14/h5-9,17H,4,10H2,1-3H3/t17-/m1/s1. The van der Waals surface area contributed by atoms with Gasteiger partial charge in [-0.1, -0.05) is 41.2 Å². The van der Waals surface area contributed by atoms with Gasteiger partial charge in [-0.05, 0) is 45.0 Å². The van der Waals surface area contributed by atoms with Gasteiger partial charge in [0.1, 0.15) is 4.38 Å². The van der Waals surface area contributed by atoms with E-state index >= 15 is 0 Å². The number of ketones is 1. The molecule has 0 aliphatic carbocycles. The van der Waals surface area contributed by atoms with E-state index in [1.807, 2.05) is 42.7 Å². The molecular weight excluding hydrogens is 432 g/mol. The van der Waals surface area contributed by atoms with Gasteiger partial charge in [0.2, 0.25) is 0 Å². The number of hydrogen-bond acceptors (Lipinski definition) is 6. The van der Waals surface area contributed by atoms with Crippen LogP contribution in [0, 0.1) is 13.8 Å². The normalized spacial score (nSPS) is 16.1. The summed E-state index contributed by atoms with van der Waals surface area (Å²) in [6, 6.07) is 9.28. The maximum Gasteiger partial charge on any atom is 0.329 e. The molecule has 9 heteroatoms. The Morgan fingerprint density at radius 3 is 2.76 bits per heavy atom. The van der Waals surface area contributed by atoms with E-state index in [1.54, 1.807) is 13.0 Å². The first-order valence-corrected chi connectivity index (χ1v) is 11.1. The zero-order chi connectivity index (χ0) is 21.1. The van der Waals surface area contributed by atoms with Crippen LogP contribution in [0.4, 0.5) is 0 Å². The van der Waals surface area contributed by atoms with Crippen LogP contribution in [0.2, 0.25) is 5.02 Å². The molecule has 1 aliphatic rings. The van der Waals surface area contributed by atoms with Crippen molar-refractivity contribution >= 4 is 57.2 Å². The lowest BCUT2D eigenvalue weighted by molar-refractivity contribution is -0.144. The minimum Gasteiger partial charge on any atom is -0.465 e. The molecule has 152 valence electrons. The van der Waals surface area contributed by atoms with E-state index in [9.17, 15) is 14.4 Å². The van der Waals surface area contributed by atoms with E-state index in [-0.39, 0.29) is 18.1 Å². The Morgan fingerprint density at radius 2 is 2.07 bits per heavy atom. The summed E-state index contributed by atoms with van der Waals surface area (Å²) in [5.41, 5.74) is 3.23. The maximum absolute atomic E-state index is 12.8. The average Bonchev–Trinajstić information content (AvgIpc) is 3.19. The number of carbonyl (C=O) groups excluding carboxylic acids is 3. The number of amides is 1. The molecule has 0 spiro atoms. The van der Waals surface area contributed by atoms with Crippen LogP contribution in [0.15, 0.2) is 35.3 Å². The minimum atomic E-state index is -0.972. The Bertz CT molecular complexity index is 1020. The number of aliphatic imine (C=N–C) groups is 1. The van der Waals surface area contributed by atoms with Gasteiger partial charge >= 0.3 is 5.97 Å². The Balaban J connectivity index is 1.70. The fourth-order valence-corrected chi connectivity index (χ4v) is 5.17. The van der Waals surface area contributed by atoms with Crippen molar-refractivity contribution in [1.29, 1.82) is 0 Å². The monoisotopic (exact) mass is 450 g/mol. The zero-order valence-corrected chi connectivity index (χ0v) is 18.5. The van der Waals surface area contributed by atoms with Gasteiger partial charge in [0, 0.05) is 27.7 Å². The Kier molecular flexibility index (Phi) is 6.87. The van der Waals surface area contributed by atoms with Gasteiger partial charge in [0.25, 0.3) is 5.91 Å².